The molecule has 0 aliphatic carbocycles. The molecule has 1 N–H and O–H groups in total. The van der Waals surface area contributed by atoms with E-state index in [0.29, 0.717) is 27.3 Å². The second-order valence-electron chi connectivity index (χ2n) is 7.82. The summed E-state index contributed by atoms with van der Waals surface area (Å²) in [6.07, 6.45) is 2.63. The standard InChI is InChI=1S/C25H28N2O4S2/c1-5-12-27-24(29)22(33-25(27)32)14-17-10-11-20(21(13-17)30-4)31-15-23(28)26-19-9-7-6-8-18(19)16(2)3/h6-11,13-14,16H,5,12,15H2,1-4H3,(H,26,28)/b22-14+. The zero-order valence-electron chi connectivity index (χ0n) is 19.2. The number of carbonyl (C=O) groups excluding carboxylic acids is 2. The lowest BCUT2D eigenvalue weighted by molar-refractivity contribution is -0.122. The molecule has 2 aromatic rings. The molecule has 1 fully saturated rings. The molecule has 1 saturated heterocycles. The van der Waals surface area contributed by atoms with Crippen molar-refractivity contribution in [3.8, 4) is 11.5 Å². The van der Waals surface area contributed by atoms with Crippen molar-refractivity contribution in [2.45, 2.75) is 33.1 Å². The van der Waals surface area contributed by atoms with Crippen LogP contribution in [-0.4, -0.2) is 41.3 Å². The van der Waals surface area contributed by atoms with Gasteiger partial charge in [-0.25, -0.2) is 0 Å². The number of nitrogens with zero attached hydrogens (tertiary/aromatic N) is 1. The molecular formula is C25H28N2O4S2. The van der Waals surface area contributed by atoms with Crippen LogP contribution in [0.15, 0.2) is 47.4 Å². The van der Waals surface area contributed by atoms with E-state index in [1.165, 1.54) is 18.9 Å². The molecule has 0 unspecified atom stereocenters. The number of methoxy groups -OCH3 is 1. The topological polar surface area (TPSA) is 67.9 Å². The Kier molecular flexibility index (Phi) is 8.52. The summed E-state index contributed by atoms with van der Waals surface area (Å²) < 4.78 is 11.7. The first-order chi connectivity index (χ1) is 15.8. The highest BCUT2D eigenvalue weighted by Gasteiger charge is 2.31. The summed E-state index contributed by atoms with van der Waals surface area (Å²) >= 11 is 6.61. The third-order valence-electron chi connectivity index (χ3n) is 5.02. The maximum atomic E-state index is 12.6. The molecule has 2 amide bonds. The molecule has 0 bridgehead atoms. The summed E-state index contributed by atoms with van der Waals surface area (Å²) in [4.78, 5) is 27.2. The Morgan fingerprint density at radius 1 is 1.21 bits per heavy atom. The number of rotatable bonds is 9. The van der Waals surface area contributed by atoms with Gasteiger partial charge in [0.2, 0.25) is 0 Å². The first-order valence-corrected chi connectivity index (χ1v) is 12.0. The number of hydrogen-bond donors (Lipinski definition) is 1. The molecular weight excluding hydrogens is 456 g/mol. The van der Waals surface area contributed by atoms with Crippen LogP contribution >= 0.6 is 24.0 Å². The maximum absolute atomic E-state index is 12.6. The lowest BCUT2D eigenvalue weighted by Gasteiger charge is -2.15. The van der Waals surface area contributed by atoms with Crippen molar-refractivity contribution in [3.05, 3.63) is 58.5 Å². The van der Waals surface area contributed by atoms with Gasteiger partial charge in [-0.1, -0.05) is 69.0 Å². The third kappa shape index (κ3) is 6.15. The quantitative estimate of drug-likeness (QED) is 0.377. The van der Waals surface area contributed by atoms with Crippen LogP contribution in [0, 0.1) is 0 Å². The number of ether oxygens (including phenoxy) is 2. The Morgan fingerprint density at radius 2 is 1.97 bits per heavy atom. The minimum absolute atomic E-state index is 0.0792. The van der Waals surface area contributed by atoms with E-state index in [2.05, 4.69) is 19.2 Å². The largest absolute Gasteiger partial charge is 0.493 e. The van der Waals surface area contributed by atoms with Crippen LogP contribution in [0.1, 0.15) is 44.2 Å². The van der Waals surface area contributed by atoms with Gasteiger partial charge in [-0.3, -0.25) is 14.5 Å². The lowest BCUT2D eigenvalue weighted by Crippen LogP contribution is -2.28. The molecule has 8 heteroatoms. The molecule has 3 rings (SSSR count). The van der Waals surface area contributed by atoms with E-state index in [1.54, 1.807) is 23.1 Å². The average molecular weight is 485 g/mol. The maximum Gasteiger partial charge on any atom is 0.266 e. The minimum atomic E-state index is -0.256. The van der Waals surface area contributed by atoms with Crippen molar-refractivity contribution in [3.63, 3.8) is 0 Å². The molecule has 6 nitrogen and oxygen atoms in total. The summed E-state index contributed by atoms with van der Waals surface area (Å²) in [6, 6.07) is 13.0. The summed E-state index contributed by atoms with van der Waals surface area (Å²) in [5.74, 6) is 0.875. The highest BCUT2D eigenvalue weighted by molar-refractivity contribution is 8.26. The first kappa shape index (κ1) is 24.8. The van der Waals surface area contributed by atoms with E-state index >= 15 is 0 Å². The second kappa shape index (κ2) is 11.3. The van der Waals surface area contributed by atoms with Crippen LogP contribution in [0.4, 0.5) is 5.69 Å². The fourth-order valence-corrected chi connectivity index (χ4v) is 4.71. The van der Waals surface area contributed by atoms with Crippen molar-refractivity contribution in [2.24, 2.45) is 0 Å². The summed E-state index contributed by atoms with van der Waals surface area (Å²) in [7, 11) is 1.53. The van der Waals surface area contributed by atoms with Gasteiger partial charge in [0.1, 0.15) is 4.32 Å². The molecule has 174 valence electrons. The molecule has 1 heterocycles. The van der Waals surface area contributed by atoms with Gasteiger partial charge in [0.15, 0.2) is 18.1 Å². The van der Waals surface area contributed by atoms with Crippen molar-refractivity contribution in [1.82, 2.24) is 4.90 Å². The molecule has 33 heavy (non-hydrogen) atoms. The Balaban J connectivity index is 1.68. The fraction of sp³-hybridized carbons (Fsp3) is 0.320. The smallest absolute Gasteiger partial charge is 0.266 e. The first-order valence-electron chi connectivity index (χ1n) is 10.8. The van der Waals surface area contributed by atoms with Crippen LogP contribution in [-0.2, 0) is 9.59 Å². The number of amides is 2. The van der Waals surface area contributed by atoms with Crippen molar-refractivity contribution in [2.75, 3.05) is 25.6 Å². The number of nitrogens with one attached hydrogen (secondary N) is 1. The van der Waals surface area contributed by atoms with Gasteiger partial charge < -0.3 is 14.8 Å². The van der Waals surface area contributed by atoms with Crippen molar-refractivity contribution < 1.29 is 19.1 Å². The number of hydrogen-bond acceptors (Lipinski definition) is 6. The molecule has 1 aliphatic heterocycles. The predicted molar refractivity (Wildman–Crippen MR) is 138 cm³/mol. The lowest BCUT2D eigenvalue weighted by atomic mass is 10.0. The van der Waals surface area contributed by atoms with E-state index in [9.17, 15) is 9.59 Å². The summed E-state index contributed by atoms with van der Waals surface area (Å²) in [5, 5.41) is 2.91. The van der Waals surface area contributed by atoms with Gasteiger partial charge in [-0.05, 0) is 47.7 Å². The Hall–Kier alpha value is -2.84. The van der Waals surface area contributed by atoms with E-state index in [0.717, 1.165) is 23.2 Å². The van der Waals surface area contributed by atoms with Gasteiger partial charge in [0.25, 0.3) is 11.8 Å². The zero-order valence-corrected chi connectivity index (χ0v) is 20.8. The van der Waals surface area contributed by atoms with E-state index < -0.39 is 0 Å². The third-order valence-corrected chi connectivity index (χ3v) is 6.40. The van der Waals surface area contributed by atoms with E-state index in [4.69, 9.17) is 21.7 Å². The molecule has 0 saturated carbocycles. The fourth-order valence-electron chi connectivity index (χ4n) is 3.40. The van der Waals surface area contributed by atoms with Gasteiger partial charge >= 0.3 is 0 Å². The van der Waals surface area contributed by atoms with Crippen LogP contribution in [0.5, 0.6) is 11.5 Å². The number of anilines is 1. The Morgan fingerprint density at radius 3 is 2.67 bits per heavy atom. The predicted octanol–water partition coefficient (Wildman–Crippen LogP) is 5.45. The van der Waals surface area contributed by atoms with E-state index in [-0.39, 0.29) is 24.3 Å². The number of carbonyl (C=O) groups is 2. The molecule has 0 aromatic heterocycles. The molecule has 0 atom stereocenters. The highest BCUT2D eigenvalue weighted by Crippen LogP contribution is 2.35. The monoisotopic (exact) mass is 484 g/mol. The van der Waals surface area contributed by atoms with Gasteiger partial charge in [0.05, 0.1) is 12.0 Å². The van der Waals surface area contributed by atoms with Crippen LogP contribution in [0.3, 0.4) is 0 Å². The Labute approximate surface area is 204 Å². The number of thiocarbonyl (C=S) groups is 1. The molecule has 0 spiro atoms. The SMILES string of the molecule is CCCN1C(=O)/C(=C\c2ccc(OCC(=O)Nc3ccccc3C(C)C)c(OC)c2)SC1=S. The van der Waals surface area contributed by atoms with Gasteiger partial charge in [0, 0.05) is 12.2 Å². The summed E-state index contributed by atoms with van der Waals surface area (Å²) in [5.41, 5.74) is 2.63. The number of thioether (sulfide) groups is 1. The van der Waals surface area contributed by atoms with Crippen LogP contribution in [0.2, 0.25) is 0 Å². The normalized spacial score (nSPS) is 14.8. The van der Waals surface area contributed by atoms with Crippen LogP contribution in [0.25, 0.3) is 6.08 Å². The molecule has 1 aliphatic rings. The number of benzene rings is 2. The summed E-state index contributed by atoms with van der Waals surface area (Å²) in [6.45, 7) is 6.63. The molecule has 0 radical (unpaired) electrons. The van der Waals surface area contributed by atoms with Gasteiger partial charge in [-0.2, -0.15) is 0 Å². The number of para-hydroxylation sites is 1. The molecule has 2 aromatic carbocycles. The van der Waals surface area contributed by atoms with E-state index in [1.807, 2.05) is 37.3 Å². The zero-order chi connectivity index (χ0) is 24.0. The van der Waals surface area contributed by atoms with Crippen molar-refractivity contribution in [1.29, 1.82) is 0 Å². The highest BCUT2D eigenvalue weighted by atomic mass is 32.2. The second-order valence-corrected chi connectivity index (χ2v) is 9.50. The Bertz CT molecular complexity index is 1080. The minimum Gasteiger partial charge on any atom is -0.493 e. The van der Waals surface area contributed by atoms with Crippen molar-refractivity contribution >= 4 is 51.9 Å². The van der Waals surface area contributed by atoms with Crippen LogP contribution < -0.4 is 14.8 Å². The van der Waals surface area contributed by atoms with Gasteiger partial charge in [-0.15, -0.1) is 0 Å². The average Bonchev–Trinajstić information content (AvgIpc) is 3.06.